The van der Waals surface area contributed by atoms with E-state index in [0.717, 1.165) is 62.9 Å². The van der Waals surface area contributed by atoms with E-state index in [1.54, 1.807) is 0 Å². The molecule has 2 aliphatic rings. The molecule has 1 fully saturated rings. The zero-order chi connectivity index (χ0) is 16.5. The molecule has 0 unspecified atom stereocenters. The highest BCUT2D eigenvalue weighted by Gasteiger charge is 2.25. The van der Waals surface area contributed by atoms with Gasteiger partial charge in [0.25, 0.3) is 0 Å². The topological polar surface area (TPSA) is 35.5 Å². The average Bonchev–Trinajstić information content (AvgIpc) is 2.62. The van der Waals surface area contributed by atoms with Gasteiger partial charge in [-0.2, -0.15) is 0 Å². The Morgan fingerprint density at radius 2 is 1.58 bits per heavy atom. The van der Waals surface area contributed by atoms with Crippen LogP contribution in [-0.4, -0.2) is 66.6 Å². The first-order valence-corrected chi connectivity index (χ1v) is 8.78. The molecule has 5 heteroatoms. The summed E-state index contributed by atoms with van der Waals surface area (Å²) in [5.41, 5.74) is 3.67. The number of piperazine rings is 1. The lowest BCUT2D eigenvalue weighted by molar-refractivity contribution is 0.301. The number of rotatable bonds is 2. The summed E-state index contributed by atoms with van der Waals surface area (Å²) in [6.45, 7) is 6.28. The number of hydrogen-bond acceptors (Lipinski definition) is 5. The number of fused-ring (bicyclic) bond motifs is 1. The Hall–Kier alpha value is -1.98. The van der Waals surface area contributed by atoms with E-state index in [9.17, 15) is 0 Å². The third-order valence-electron chi connectivity index (χ3n) is 5.06. The minimum Gasteiger partial charge on any atom is -0.354 e. The molecule has 0 atom stereocenters. The lowest BCUT2D eigenvalue weighted by atomic mass is 10.0. The van der Waals surface area contributed by atoms with Crippen molar-refractivity contribution >= 4 is 5.82 Å². The molecule has 2 aliphatic heterocycles. The first kappa shape index (κ1) is 15.5. The molecule has 3 heterocycles. The predicted octanol–water partition coefficient (Wildman–Crippen LogP) is 1.88. The zero-order valence-corrected chi connectivity index (χ0v) is 14.6. The molecule has 1 aromatic carbocycles. The van der Waals surface area contributed by atoms with Crippen molar-refractivity contribution in [1.29, 1.82) is 0 Å². The van der Waals surface area contributed by atoms with E-state index < -0.39 is 0 Å². The maximum absolute atomic E-state index is 5.01. The molecule has 0 aliphatic carbocycles. The van der Waals surface area contributed by atoms with Crippen LogP contribution in [0.1, 0.15) is 11.3 Å². The molecule has 24 heavy (non-hydrogen) atoms. The van der Waals surface area contributed by atoms with Crippen LogP contribution in [0.5, 0.6) is 0 Å². The van der Waals surface area contributed by atoms with Crippen molar-refractivity contribution in [3.05, 3.63) is 41.6 Å². The van der Waals surface area contributed by atoms with Gasteiger partial charge >= 0.3 is 0 Å². The molecule has 0 bridgehead atoms. The molecule has 1 saturated heterocycles. The van der Waals surface area contributed by atoms with Crippen LogP contribution in [0.4, 0.5) is 5.82 Å². The Morgan fingerprint density at radius 1 is 0.833 bits per heavy atom. The van der Waals surface area contributed by atoms with E-state index in [2.05, 4.69) is 53.1 Å². The Labute approximate surface area is 143 Å². The second kappa shape index (κ2) is 6.49. The summed E-state index contributed by atoms with van der Waals surface area (Å²) < 4.78 is 0. The fourth-order valence-corrected chi connectivity index (χ4v) is 3.53. The van der Waals surface area contributed by atoms with Crippen LogP contribution in [0.25, 0.3) is 11.4 Å². The Kier molecular flexibility index (Phi) is 4.21. The Balaban J connectivity index is 1.77. The fraction of sp³-hybridized carbons (Fsp3) is 0.474. The molecule has 0 spiro atoms. The van der Waals surface area contributed by atoms with Crippen molar-refractivity contribution in [2.75, 3.05) is 51.7 Å². The maximum atomic E-state index is 5.01. The summed E-state index contributed by atoms with van der Waals surface area (Å²) in [6.07, 6.45) is 1.01. The van der Waals surface area contributed by atoms with Gasteiger partial charge in [-0.25, -0.2) is 9.97 Å². The van der Waals surface area contributed by atoms with E-state index in [1.165, 1.54) is 11.3 Å². The van der Waals surface area contributed by atoms with Gasteiger partial charge in [0, 0.05) is 56.8 Å². The largest absolute Gasteiger partial charge is 0.354 e. The first-order valence-electron chi connectivity index (χ1n) is 8.78. The lowest BCUT2D eigenvalue weighted by Crippen LogP contribution is -2.45. The highest BCUT2D eigenvalue weighted by atomic mass is 15.3. The average molecular weight is 323 g/mol. The van der Waals surface area contributed by atoms with Gasteiger partial charge in [-0.3, -0.25) is 0 Å². The van der Waals surface area contributed by atoms with Crippen LogP contribution in [0.15, 0.2) is 30.3 Å². The molecule has 1 aromatic heterocycles. The minimum atomic E-state index is 0.868. The van der Waals surface area contributed by atoms with Gasteiger partial charge in [-0.15, -0.1) is 0 Å². The molecule has 0 saturated carbocycles. The molecular formula is C19H25N5. The molecule has 4 rings (SSSR count). The van der Waals surface area contributed by atoms with Gasteiger partial charge in [-0.05, 0) is 14.1 Å². The van der Waals surface area contributed by atoms with Gasteiger partial charge < -0.3 is 14.7 Å². The summed E-state index contributed by atoms with van der Waals surface area (Å²) in [7, 11) is 4.37. The van der Waals surface area contributed by atoms with Gasteiger partial charge in [0.15, 0.2) is 5.82 Å². The van der Waals surface area contributed by atoms with Crippen molar-refractivity contribution < 1.29 is 0 Å². The number of likely N-dealkylation sites (N-methyl/N-ethyl adjacent to an activating group) is 2. The Bertz CT molecular complexity index is 707. The maximum Gasteiger partial charge on any atom is 0.161 e. The molecular weight excluding hydrogens is 298 g/mol. The molecule has 2 aromatic rings. The highest BCUT2D eigenvalue weighted by molar-refractivity contribution is 5.61. The Morgan fingerprint density at radius 3 is 2.33 bits per heavy atom. The summed E-state index contributed by atoms with van der Waals surface area (Å²) >= 11 is 0. The SMILES string of the molecule is CN1CCN(c2nc(-c3ccccc3)nc3c2CN(C)CC3)CC1. The predicted molar refractivity (Wildman–Crippen MR) is 97.2 cm³/mol. The molecule has 0 radical (unpaired) electrons. The van der Waals surface area contributed by atoms with Gasteiger partial charge in [-0.1, -0.05) is 30.3 Å². The van der Waals surface area contributed by atoms with Crippen LogP contribution in [-0.2, 0) is 13.0 Å². The lowest BCUT2D eigenvalue weighted by Gasteiger charge is -2.36. The number of aromatic nitrogens is 2. The fourth-order valence-electron chi connectivity index (χ4n) is 3.53. The second-order valence-electron chi connectivity index (χ2n) is 6.94. The van der Waals surface area contributed by atoms with Crippen molar-refractivity contribution in [3.63, 3.8) is 0 Å². The van der Waals surface area contributed by atoms with Crippen molar-refractivity contribution in [2.24, 2.45) is 0 Å². The van der Waals surface area contributed by atoms with Crippen LogP contribution in [0.3, 0.4) is 0 Å². The molecule has 0 amide bonds. The normalized spacial score (nSPS) is 19.3. The van der Waals surface area contributed by atoms with Crippen molar-refractivity contribution in [2.45, 2.75) is 13.0 Å². The number of nitrogens with zero attached hydrogens (tertiary/aromatic N) is 5. The summed E-state index contributed by atoms with van der Waals surface area (Å²) in [5, 5.41) is 0. The number of anilines is 1. The van der Waals surface area contributed by atoms with Crippen LogP contribution in [0, 0.1) is 0 Å². The van der Waals surface area contributed by atoms with Crippen LogP contribution < -0.4 is 4.90 Å². The van der Waals surface area contributed by atoms with E-state index >= 15 is 0 Å². The summed E-state index contributed by atoms with van der Waals surface area (Å²) in [6, 6.07) is 10.4. The van der Waals surface area contributed by atoms with Crippen LogP contribution >= 0.6 is 0 Å². The smallest absolute Gasteiger partial charge is 0.161 e. The third-order valence-corrected chi connectivity index (χ3v) is 5.06. The first-order chi connectivity index (χ1) is 11.7. The standard InChI is InChI=1S/C19H25N5/c1-22-10-12-24(13-11-22)19-16-14-23(2)9-8-17(16)20-18(21-19)15-6-4-3-5-7-15/h3-7H,8-14H2,1-2H3. The van der Waals surface area contributed by atoms with E-state index in [0.29, 0.717) is 0 Å². The second-order valence-corrected chi connectivity index (χ2v) is 6.94. The monoisotopic (exact) mass is 323 g/mol. The molecule has 5 nitrogen and oxygen atoms in total. The summed E-state index contributed by atoms with van der Waals surface area (Å²) in [4.78, 5) is 17.1. The van der Waals surface area contributed by atoms with Crippen LogP contribution in [0.2, 0.25) is 0 Å². The van der Waals surface area contributed by atoms with Crippen molar-refractivity contribution in [3.8, 4) is 11.4 Å². The van der Waals surface area contributed by atoms with E-state index in [-0.39, 0.29) is 0 Å². The quantitative estimate of drug-likeness (QED) is 0.843. The van der Waals surface area contributed by atoms with E-state index in [4.69, 9.17) is 9.97 Å². The van der Waals surface area contributed by atoms with Gasteiger partial charge in [0.2, 0.25) is 0 Å². The number of hydrogen-bond donors (Lipinski definition) is 0. The molecule has 0 N–H and O–H groups in total. The van der Waals surface area contributed by atoms with Gasteiger partial charge in [0.1, 0.15) is 5.82 Å². The van der Waals surface area contributed by atoms with Gasteiger partial charge in [0.05, 0.1) is 5.69 Å². The zero-order valence-electron chi connectivity index (χ0n) is 14.6. The highest BCUT2D eigenvalue weighted by Crippen LogP contribution is 2.29. The number of benzene rings is 1. The minimum absolute atomic E-state index is 0.868. The third kappa shape index (κ3) is 3.01. The summed E-state index contributed by atoms with van der Waals surface area (Å²) in [5.74, 6) is 2.02. The van der Waals surface area contributed by atoms with E-state index in [1.807, 2.05) is 6.07 Å². The molecule has 126 valence electrons. The van der Waals surface area contributed by atoms with Crippen molar-refractivity contribution in [1.82, 2.24) is 19.8 Å².